The van der Waals surface area contributed by atoms with Crippen LogP contribution in [0.2, 0.25) is 0 Å². The smallest absolute Gasteiger partial charge is 0.409 e. The molecule has 13 heavy (non-hydrogen) atoms. The molecule has 0 aromatic rings. The molecule has 0 atom stereocenters. The van der Waals surface area contributed by atoms with Crippen LogP contribution in [0.25, 0.3) is 0 Å². The minimum Gasteiger partial charge on any atom is -0.409 e. The molecule has 0 aromatic carbocycles. The zero-order valence-electron chi connectivity index (χ0n) is 8.06. The molecule has 0 radical (unpaired) electrons. The lowest BCUT2D eigenvalue weighted by atomic mass is 10.2. The van der Waals surface area contributed by atoms with Crippen molar-refractivity contribution >= 4 is 7.82 Å². The number of phosphoric ester groups is 1. The van der Waals surface area contributed by atoms with Gasteiger partial charge in [0.05, 0.1) is 0 Å². The van der Waals surface area contributed by atoms with Crippen LogP contribution in [-0.4, -0.2) is 9.79 Å². The molecule has 0 saturated carbocycles. The summed E-state index contributed by atoms with van der Waals surface area (Å²) >= 11 is 0. The van der Waals surface area contributed by atoms with Crippen molar-refractivity contribution in [2.45, 2.75) is 39.5 Å². The second-order valence-corrected chi connectivity index (χ2v) is 3.91. The average molecular weight is 208 g/mol. The largest absolute Gasteiger partial charge is 0.524 e. The molecular weight excluding hydrogens is 191 g/mol. The van der Waals surface area contributed by atoms with Crippen LogP contribution in [0, 0.1) is 0 Å². The van der Waals surface area contributed by atoms with Crippen molar-refractivity contribution in [1.29, 1.82) is 0 Å². The number of hydrogen-bond acceptors (Lipinski definition) is 2. The second kappa shape index (κ2) is 6.19. The van der Waals surface area contributed by atoms with Crippen molar-refractivity contribution in [1.82, 2.24) is 0 Å². The Bertz CT molecular complexity index is 206. The maximum atomic E-state index is 10.5. The summed E-state index contributed by atoms with van der Waals surface area (Å²) in [7, 11) is -4.36. The third-order valence-corrected chi connectivity index (χ3v) is 1.99. The van der Waals surface area contributed by atoms with E-state index in [0.29, 0.717) is 12.2 Å². The Labute approximate surface area is 78.9 Å². The van der Waals surface area contributed by atoms with E-state index in [0.717, 1.165) is 19.3 Å². The highest BCUT2D eigenvalue weighted by Crippen LogP contribution is 2.39. The maximum Gasteiger partial charge on any atom is 0.524 e. The van der Waals surface area contributed by atoms with E-state index < -0.39 is 7.82 Å². The Morgan fingerprint density at radius 2 is 2.08 bits per heavy atom. The van der Waals surface area contributed by atoms with Gasteiger partial charge in [0.1, 0.15) is 5.76 Å². The molecule has 0 rings (SSSR count). The number of phosphoric acid groups is 1. The van der Waals surface area contributed by atoms with Gasteiger partial charge in [0.25, 0.3) is 0 Å². The summed E-state index contributed by atoms with van der Waals surface area (Å²) in [4.78, 5) is 17.0. The lowest BCUT2D eigenvalue weighted by Gasteiger charge is -2.08. The van der Waals surface area contributed by atoms with Crippen molar-refractivity contribution in [2.24, 2.45) is 0 Å². The summed E-state index contributed by atoms with van der Waals surface area (Å²) in [6, 6.07) is 0. The van der Waals surface area contributed by atoms with Gasteiger partial charge in [-0.3, -0.25) is 9.79 Å². The number of allylic oxidation sites excluding steroid dienone is 2. The standard InChI is InChI=1S/C8H17O4P/c1-3-5-6-7-8(4-2)12-13(9,10)11/h7H,3-6H2,1-2H3,(H2,9,10,11). The number of unbranched alkanes of at least 4 members (excludes halogenated alkanes) is 2. The summed E-state index contributed by atoms with van der Waals surface area (Å²) in [5, 5.41) is 0. The minimum atomic E-state index is -4.36. The van der Waals surface area contributed by atoms with Crippen molar-refractivity contribution < 1.29 is 18.9 Å². The predicted octanol–water partition coefficient (Wildman–Crippen LogP) is 2.58. The van der Waals surface area contributed by atoms with Crippen LogP contribution in [-0.2, 0) is 9.09 Å². The third kappa shape index (κ3) is 8.03. The number of hydrogen-bond donors (Lipinski definition) is 2. The molecule has 0 bridgehead atoms. The Kier molecular flexibility index (Phi) is 6.04. The van der Waals surface area contributed by atoms with Crippen molar-refractivity contribution in [3.63, 3.8) is 0 Å². The zero-order valence-corrected chi connectivity index (χ0v) is 8.96. The highest BCUT2D eigenvalue weighted by atomic mass is 31.2. The highest BCUT2D eigenvalue weighted by molar-refractivity contribution is 7.46. The summed E-state index contributed by atoms with van der Waals surface area (Å²) < 4.78 is 14.9. The Morgan fingerprint density at radius 1 is 1.46 bits per heavy atom. The quantitative estimate of drug-likeness (QED) is 0.400. The van der Waals surface area contributed by atoms with E-state index in [1.807, 2.05) is 0 Å². The van der Waals surface area contributed by atoms with Gasteiger partial charge in [0.2, 0.25) is 0 Å². The van der Waals surface area contributed by atoms with Gasteiger partial charge in [-0.2, -0.15) is 0 Å². The molecule has 0 spiro atoms. The monoisotopic (exact) mass is 208 g/mol. The Balaban J connectivity index is 4.02. The predicted molar refractivity (Wildman–Crippen MR) is 51.0 cm³/mol. The van der Waals surface area contributed by atoms with Crippen LogP contribution in [0.3, 0.4) is 0 Å². The molecule has 0 fully saturated rings. The Morgan fingerprint density at radius 3 is 2.46 bits per heavy atom. The van der Waals surface area contributed by atoms with Gasteiger partial charge >= 0.3 is 7.82 Å². The van der Waals surface area contributed by atoms with E-state index in [9.17, 15) is 4.57 Å². The van der Waals surface area contributed by atoms with E-state index in [-0.39, 0.29) is 0 Å². The van der Waals surface area contributed by atoms with Crippen molar-refractivity contribution in [2.75, 3.05) is 0 Å². The summed E-state index contributed by atoms with van der Waals surface area (Å²) in [6.07, 6.45) is 5.12. The zero-order chi connectivity index (χ0) is 10.3. The van der Waals surface area contributed by atoms with Crippen LogP contribution < -0.4 is 0 Å². The van der Waals surface area contributed by atoms with Crippen LogP contribution >= 0.6 is 7.82 Å². The van der Waals surface area contributed by atoms with Crippen LogP contribution in [0.1, 0.15) is 39.5 Å². The highest BCUT2D eigenvalue weighted by Gasteiger charge is 2.15. The third-order valence-electron chi connectivity index (χ3n) is 1.51. The van der Waals surface area contributed by atoms with Gasteiger partial charge in [-0.15, -0.1) is 0 Å². The van der Waals surface area contributed by atoms with Gasteiger partial charge in [0, 0.05) is 6.42 Å². The SMILES string of the molecule is CCCCC=C(CC)OP(=O)(O)O. The first-order valence-electron chi connectivity index (χ1n) is 4.43. The molecular formula is C8H17O4P. The second-order valence-electron chi connectivity index (χ2n) is 2.75. The van der Waals surface area contributed by atoms with Gasteiger partial charge in [-0.25, -0.2) is 4.57 Å². The number of rotatable bonds is 6. The molecule has 78 valence electrons. The van der Waals surface area contributed by atoms with Crippen molar-refractivity contribution in [3.8, 4) is 0 Å². The van der Waals surface area contributed by atoms with Gasteiger partial charge in [0.15, 0.2) is 0 Å². The molecule has 0 amide bonds. The van der Waals surface area contributed by atoms with E-state index in [2.05, 4.69) is 11.4 Å². The average Bonchev–Trinajstić information content (AvgIpc) is 2.01. The lowest BCUT2D eigenvalue weighted by Crippen LogP contribution is -1.89. The molecule has 4 nitrogen and oxygen atoms in total. The fraction of sp³-hybridized carbons (Fsp3) is 0.750. The molecule has 0 aliphatic rings. The minimum absolute atomic E-state index is 0.377. The van der Waals surface area contributed by atoms with Gasteiger partial charge in [-0.1, -0.05) is 20.3 Å². The van der Waals surface area contributed by atoms with Gasteiger partial charge in [-0.05, 0) is 18.9 Å². The molecule has 5 heteroatoms. The van der Waals surface area contributed by atoms with E-state index >= 15 is 0 Å². The van der Waals surface area contributed by atoms with E-state index in [1.54, 1.807) is 13.0 Å². The summed E-state index contributed by atoms with van der Waals surface area (Å²) in [5.74, 6) is 0.377. The van der Waals surface area contributed by atoms with E-state index in [4.69, 9.17) is 9.79 Å². The van der Waals surface area contributed by atoms with Crippen molar-refractivity contribution in [3.05, 3.63) is 11.8 Å². The topological polar surface area (TPSA) is 66.8 Å². The van der Waals surface area contributed by atoms with E-state index in [1.165, 1.54) is 0 Å². The normalized spacial score (nSPS) is 13.1. The maximum absolute atomic E-state index is 10.5. The first-order chi connectivity index (χ1) is 5.99. The Hall–Kier alpha value is -0.310. The summed E-state index contributed by atoms with van der Waals surface area (Å²) in [5.41, 5.74) is 0. The first-order valence-corrected chi connectivity index (χ1v) is 5.96. The van der Waals surface area contributed by atoms with Crippen LogP contribution in [0.4, 0.5) is 0 Å². The fourth-order valence-corrected chi connectivity index (χ4v) is 1.38. The molecule has 0 unspecified atom stereocenters. The molecule has 0 saturated heterocycles. The summed E-state index contributed by atoms with van der Waals surface area (Å²) in [6.45, 7) is 3.86. The first kappa shape index (κ1) is 12.7. The fourth-order valence-electron chi connectivity index (χ4n) is 0.866. The van der Waals surface area contributed by atoms with Crippen LogP contribution in [0.5, 0.6) is 0 Å². The molecule has 0 heterocycles. The molecule has 0 aromatic heterocycles. The van der Waals surface area contributed by atoms with Gasteiger partial charge < -0.3 is 4.52 Å². The van der Waals surface area contributed by atoms with Crippen LogP contribution in [0.15, 0.2) is 11.8 Å². The lowest BCUT2D eigenvalue weighted by molar-refractivity contribution is 0.237. The molecule has 0 aliphatic carbocycles. The molecule has 2 N–H and O–H groups in total. The molecule has 0 aliphatic heterocycles.